The van der Waals surface area contributed by atoms with Crippen LogP contribution in [0.25, 0.3) is 0 Å². The summed E-state index contributed by atoms with van der Waals surface area (Å²) in [6.07, 6.45) is -3.28. The number of amides is 1. The molecule has 1 saturated carbocycles. The summed E-state index contributed by atoms with van der Waals surface area (Å²) >= 11 is 0. The molecule has 1 fully saturated rings. The van der Waals surface area contributed by atoms with Crippen molar-refractivity contribution in [3.63, 3.8) is 0 Å². The van der Waals surface area contributed by atoms with Crippen LogP contribution in [-0.4, -0.2) is 37.6 Å². The molecule has 1 N–H and O–H groups in total. The van der Waals surface area contributed by atoms with Crippen molar-refractivity contribution in [2.24, 2.45) is 5.92 Å². The van der Waals surface area contributed by atoms with E-state index in [0.29, 0.717) is 24.2 Å². The SMILES string of the molecule is COc1cc(C(C)=O)ccc1OCC(=O)NC1CCCC(C(F)(F)F)C1. The van der Waals surface area contributed by atoms with E-state index in [9.17, 15) is 22.8 Å². The number of hydrogen-bond donors (Lipinski definition) is 1. The molecule has 0 bridgehead atoms. The molecule has 0 aliphatic heterocycles. The van der Waals surface area contributed by atoms with E-state index in [0.717, 1.165) is 0 Å². The first-order valence-electron chi connectivity index (χ1n) is 8.38. The lowest BCUT2D eigenvalue weighted by Gasteiger charge is -2.31. The predicted molar refractivity (Wildman–Crippen MR) is 88.4 cm³/mol. The fraction of sp³-hybridized carbons (Fsp3) is 0.556. The van der Waals surface area contributed by atoms with Crippen molar-refractivity contribution in [1.82, 2.24) is 5.32 Å². The third-order valence-electron chi connectivity index (χ3n) is 4.43. The minimum atomic E-state index is -4.23. The van der Waals surface area contributed by atoms with Gasteiger partial charge in [-0.1, -0.05) is 6.42 Å². The monoisotopic (exact) mass is 373 g/mol. The third-order valence-corrected chi connectivity index (χ3v) is 4.43. The first-order chi connectivity index (χ1) is 12.2. The highest BCUT2D eigenvalue weighted by Gasteiger charge is 2.42. The van der Waals surface area contributed by atoms with Gasteiger partial charge in [0.05, 0.1) is 13.0 Å². The van der Waals surface area contributed by atoms with Gasteiger partial charge in [0.1, 0.15) is 0 Å². The normalized spacial score (nSPS) is 20.3. The molecule has 1 aromatic carbocycles. The maximum absolute atomic E-state index is 12.8. The number of methoxy groups -OCH3 is 1. The fourth-order valence-electron chi connectivity index (χ4n) is 3.04. The Morgan fingerprint density at radius 1 is 1.23 bits per heavy atom. The second-order valence-electron chi connectivity index (χ2n) is 6.38. The molecule has 2 atom stereocenters. The van der Waals surface area contributed by atoms with E-state index < -0.39 is 24.0 Å². The Balaban J connectivity index is 1.90. The van der Waals surface area contributed by atoms with Gasteiger partial charge in [0.25, 0.3) is 5.91 Å². The summed E-state index contributed by atoms with van der Waals surface area (Å²) in [6, 6.07) is 4.06. The number of carbonyl (C=O) groups excluding carboxylic acids is 2. The number of alkyl halides is 3. The first kappa shape index (κ1) is 20.1. The van der Waals surface area contributed by atoms with Gasteiger partial charge in [-0.25, -0.2) is 0 Å². The zero-order valence-corrected chi connectivity index (χ0v) is 14.7. The van der Waals surface area contributed by atoms with E-state index in [1.54, 1.807) is 6.07 Å². The number of ether oxygens (including phenoxy) is 2. The van der Waals surface area contributed by atoms with Gasteiger partial charge in [-0.15, -0.1) is 0 Å². The molecule has 2 unspecified atom stereocenters. The van der Waals surface area contributed by atoms with Gasteiger partial charge in [0.2, 0.25) is 0 Å². The molecule has 1 amide bonds. The smallest absolute Gasteiger partial charge is 0.391 e. The molecule has 2 rings (SSSR count). The summed E-state index contributed by atoms with van der Waals surface area (Å²) in [6.45, 7) is 1.07. The molecule has 26 heavy (non-hydrogen) atoms. The van der Waals surface area contributed by atoms with Crippen LogP contribution in [0.3, 0.4) is 0 Å². The number of ketones is 1. The Morgan fingerprint density at radius 2 is 1.96 bits per heavy atom. The van der Waals surface area contributed by atoms with Crippen LogP contribution in [0.2, 0.25) is 0 Å². The van der Waals surface area contributed by atoms with Crippen LogP contribution in [0.4, 0.5) is 13.2 Å². The third kappa shape index (κ3) is 5.37. The molecule has 8 heteroatoms. The molecule has 0 spiro atoms. The van der Waals surface area contributed by atoms with Gasteiger partial charge in [0.15, 0.2) is 23.9 Å². The van der Waals surface area contributed by atoms with Gasteiger partial charge < -0.3 is 14.8 Å². The fourth-order valence-corrected chi connectivity index (χ4v) is 3.04. The molecule has 1 aliphatic carbocycles. The van der Waals surface area contributed by atoms with Crippen LogP contribution in [0.1, 0.15) is 43.0 Å². The maximum Gasteiger partial charge on any atom is 0.391 e. The molecule has 1 aromatic rings. The second kappa shape index (κ2) is 8.42. The molecule has 1 aliphatic rings. The summed E-state index contributed by atoms with van der Waals surface area (Å²) in [4.78, 5) is 23.4. The molecular formula is C18H22F3NO4. The van der Waals surface area contributed by atoms with Crippen LogP contribution >= 0.6 is 0 Å². The van der Waals surface area contributed by atoms with Crippen molar-refractivity contribution in [1.29, 1.82) is 0 Å². The molecule has 5 nitrogen and oxygen atoms in total. The molecule has 0 aromatic heterocycles. The average Bonchev–Trinajstić information content (AvgIpc) is 2.59. The Morgan fingerprint density at radius 3 is 2.58 bits per heavy atom. The summed E-state index contributed by atoms with van der Waals surface area (Å²) < 4.78 is 49.0. The number of Topliss-reactive ketones (excluding diaryl/α,β-unsaturated/α-hetero) is 1. The van der Waals surface area contributed by atoms with Crippen LogP contribution in [-0.2, 0) is 4.79 Å². The van der Waals surface area contributed by atoms with Gasteiger partial charge >= 0.3 is 6.18 Å². The zero-order valence-electron chi connectivity index (χ0n) is 14.7. The van der Waals surface area contributed by atoms with Crippen LogP contribution in [0.5, 0.6) is 11.5 Å². The van der Waals surface area contributed by atoms with E-state index in [1.165, 1.54) is 26.2 Å². The van der Waals surface area contributed by atoms with Gasteiger partial charge in [-0.2, -0.15) is 13.2 Å². The standard InChI is InChI=1S/C18H22F3NO4/c1-11(23)12-6-7-15(16(8-12)25-2)26-10-17(24)22-14-5-3-4-13(9-14)18(19,20)21/h6-8,13-14H,3-5,9-10H2,1-2H3,(H,22,24). The second-order valence-corrected chi connectivity index (χ2v) is 6.38. The molecule has 0 radical (unpaired) electrons. The highest BCUT2D eigenvalue weighted by molar-refractivity contribution is 5.94. The van der Waals surface area contributed by atoms with E-state index in [2.05, 4.69) is 5.32 Å². The van der Waals surface area contributed by atoms with E-state index in [4.69, 9.17) is 9.47 Å². The highest BCUT2D eigenvalue weighted by Crippen LogP contribution is 2.37. The number of halogens is 3. The predicted octanol–water partition coefficient (Wildman–Crippen LogP) is 3.51. The van der Waals surface area contributed by atoms with Gasteiger partial charge in [-0.05, 0) is 44.4 Å². The first-order valence-corrected chi connectivity index (χ1v) is 8.38. The topological polar surface area (TPSA) is 64.6 Å². The summed E-state index contributed by atoms with van der Waals surface area (Å²) in [5.41, 5.74) is 0.444. The van der Waals surface area contributed by atoms with E-state index in [1.807, 2.05) is 0 Å². The number of benzene rings is 1. The van der Waals surface area contributed by atoms with Crippen molar-refractivity contribution < 1.29 is 32.2 Å². The largest absolute Gasteiger partial charge is 0.493 e. The summed E-state index contributed by atoms with van der Waals surface area (Å²) in [5, 5.41) is 2.60. The van der Waals surface area contributed by atoms with Gasteiger partial charge in [-0.3, -0.25) is 9.59 Å². The Hall–Kier alpha value is -2.25. The van der Waals surface area contributed by atoms with E-state index >= 15 is 0 Å². The van der Waals surface area contributed by atoms with Crippen molar-refractivity contribution in [2.75, 3.05) is 13.7 Å². The number of carbonyl (C=O) groups is 2. The van der Waals surface area contributed by atoms with Crippen LogP contribution in [0.15, 0.2) is 18.2 Å². The minimum absolute atomic E-state index is 0.103. The Labute approximate surface area is 149 Å². The van der Waals surface area contributed by atoms with Crippen LogP contribution < -0.4 is 14.8 Å². The van der Waals surface area contributed by atoms with E-state index in [-0.39, 0.29) is 31.0 Å². The summed E-state index contributed by atoms with van der Waals surface area (Å²) in [5.74, 6) is -1.41. The Kier molecular flexibility index (Phi) is 6.50. The lowest BCUT2D eigenvalue weighted by atomic mass is 9.85. The molecular weight excluding hydrogens is 351 g/mol. The number of hydrogen-bond acceptors (Lipinski definition) is 4. The minimum Gasteiger partial charge on any atom is -0.493 e. The molecule has 0 saturated heterocycles. The van der Waals surface area contributed by atoms with Crippen molar-refractivity contribution in [2.45, 2.75) is 44.8 Å². The Bertz CT molecular complexity index is 660. The highest BCUT2D eigenvalue weighted by atomic mass is 19.4. The van der Waals surface area contributed by atoms with Crippen molar-refractivity contribution in [3.8, 4) is 11.5 Å². The van der Waals surface area contributed by atoms with Crippen molar-refractivity contribution in [3.05, 3.63) is 23.8 Å². The van der Waals surface area contributed by atoms with Crippen molar-refractivity contribution >= 4 is 11.7 Å². The zero-order chi connectivity index (χ0) is 19.3. The lowest BCUT2D eigenvalue weighted by Crippen LogP contribution is -2.43. The average molecular weight is 373 g/mol. The number of rotatable bonds is 6. The molecule has 144 valence electrons. The summed E-state index contributed by atoms with van der Waals surface area (Å²) in [7, 11) is 1.41. The quantitative estimate of drug-likeness (QED) is 0.775. The number of nitrogens with one attached hydrogen (secondary N) is 1. The molecule has 0 heterocycles. The van der Waals surface area contributed by atoms with Crippen LogP contribution in [0, 0.1) is 5.92 Å². The lowest BCUT2D eigenvalue weighted by molar-refractivity contribution is -0.184. The maximum atomic E-state index is 12.8. The van der Waals surface area contributed by atoms with Gasteiger partial charge in [0, 0.05) is 11.6 Å².